The Morgan fingerprint density at radius 1 is 1.10 bits per heavy atom. The number of hydrogen-bond acceptors (Lipinski definition) is 5. The summed E-state index contributed by atoms with van der Waals surface area (Å²) in [6.07, 6.45) is 2.08. The van der Waals surface area contributed by atoms with Crippen LogP contribution in [0.25, 0.3) is 11.2 Å². The van der Waals surface area contributed by atoms with E-state index in [0.29, 0.717) is 23.4 Å². The predicted molar refractivity (Wildman–Crippen MR) is 119 cm³/mol. The van der Waals surface area contributed by atoms with Gasteiger partial charge in [0.15, 0.2) is 5.65 Å². The highest BCUT2D eigenvalue weighted by Crippen LogP contribution is 2.40. The summed E-state index contributed by atoms with van der Waals surface area (Å²) in [6, 6.07) is 21.7. The molecular formula is C24H26N6. The molecule has 1 unspecified atom stereocenters. The zero-order valence-electron chi connectivity index (χ0n) is 17.0. The molecule has 6 heteroatoms. The first-order valence-corrected chi connectivity index (χ1v) is 10.5. The number of nitrogens with zero attached hydrogens (tertiary/aromatic N) is 3. The third-order valence-corrected chi connectivity index (χ3v) is 6.24. The molecule has 1 aliphatic rings. The molecule has 0 amide bonds. The van der Waals surface area contributed by atoms with Crippen molar-refractivity contribution in [2.75, 3.05) is 12.3 Å². The summed E-state index contributed by atoms with van der Waals surface area (Å²) in [5.41, 5.74) is 12.7. The number of benzene rings is 2. The van der Waals surface area contributed by atoms with Crippen molar-refractivity contribution in [2.45, 2.75) is 37.6 Å². The van der Waals surface area contributed by atoms with Crippen LogP contribution in [0.15, 0.2) is 60.7 Å². The van der Waals surface area contributed by atoms with E-state index in [-0.39, 0.29) is 5.92 Å². The van der Waals surface area contributed by atoms with Crippen LogP contribution in [-0.2, 0) is 0 Å². The SMILES string of the molecule is C[C@H]1C[C@@H](NCCC(c2ccccc2)c2cc(N)nc3[nH]nnc23)c2ccccc21. The summed E-state index contributed by atoms with van der Waals surface area (Å²) < 4.78 is 0. The topological polar surface area (TPSA) is 92.5 Å². The van der Waals surface area contributed by atoms with Crippen LogP contribution < -0.4 is 11.1 Å². The van der Waals surface area contributed by atoms with Gasteiger partial charge in [-0.25, -0.2) is 10.1 Å². The quantitative estimate of drug-likeness (QED) is 0.450. The zero-order chi connectivity index (χ0) is 20.5. The number of hydrogen-bond donors (Lipinski definition) is 3. The lowest BCUT2D eigenvalue weighted by molar-refractivity contribution is 0.489. The molecule has 2 aromatic heterocycles. The van der Waals surface area contributed by atoms with Gasteiger partial charge in [-0.1, -0.05) is 66.7 Å². The van der Waals surface area contributed by atoms with Gasteiger partial charge in [-0.05, 0) is 53.6 Å². The van der Waals surface area contributed by atoms with Gasteiger partial charge >= 0.3 is 0 Å². The van der Waals surface area contributed by atoms with E-state index < -0.39 is 0 Å². The summed E-state index contributed by atoms with van der Waals surface area (Å²) in [6.45, 7) is 3.21. The lowest BCUT2D eigenvalue weighted by atomic mass is 9.88. The smallest absolute Gasteiger partial charge is 0.178 e. The lowest BCUT2D eigenvalue weighted by Gasteiger charge is -2.21. The van der Waals surface area contributed by atoms with Crippen molar-refractivity contribution in [3.05, 3.63) is 82.9 Å². The molecule has 2 aromatic carbocycles. The molecule has 4 aromatic rings. The average molecular weight is 399 g/mol. The summed E-state index contributed by atoms with van der Waals surface area (Å²) in [4.78, 5) is 4.33. The number of pyridine rings is 1. The Morgan fingerprint density at radius 3 is 2.70 bits per heavy atom. The van der Waals surface area contributed by atoms with Gasteiger partial charge in [-0.15, -0.1) is 5.10 Å². The van der Waals surface area contributed by atoms with Crippen LogP contribution in [0.2, 0.25) is 0 Å². The van der Waals surface area contributed by atoms with Crippen molar-refractivity contribution in [3.63, 3.8) is 0 Å². The summed E-state index contributed by atoms with van der Waals surface area (Å²) in [7, 11) is 0. The van der Waals surface area contributed by atoms with E-state index in [2.05, 4.69) is 81.2 Å². The molecule has 0 fully saturated rings. The van der Waals surface area contributed by atoms with Gasteiger partial charge in [0.25, 0.3) is 0 Å². The third-order valence-electron chi connectivity index (χ3n) is 6.24. The van der Waals surface area contributed by atoms with Crippen molar-refractivity contribution in [1.29, 1.82) is 0 Å². The maximum atomic E-state index is 6.09. The van der Waals surface area contributed by atoms with Gasteiger partial charge in [0, 0.05) is 12.0 Å². The Balaban J connectivity index is 1.41. The van der Waals surface area contributed by atoms with Crippen LogP contribution in [0, 0.1) is 0 Å². The number of aromatic nitrogens is 4. The number of aromatic amines is 1. The second-order valence-electron chi connectivity index (χ2n) is 8.17. The predicted octanol–water partition coefficient (Wildman–Crippen LogP) is 4.30. The number of nitrogens with two attached hydrogens (primary N) is 1. The number of rotatable bonds is 6. The highest BCUT2D eigenvalue weighted by atomic mass is 15.3. The fourth-order valence-electron chi connectivity index (χ4n) is 4.82. The normalized spacial score (nSPS) is 19.1. The number of anilines is 1. The molecule has 0 aliphatic heterocycles. The van der Waals surface area contributed by atoms with Crippen molar-refractivity contribution >= 4 is 17.0 Å². The molecule has 0 saturated heterocycles. The average Bonchev–Trinajstić information content (AvgIpc) is 3.36. The lowest BCUT2D eigenvalue weighted by Crippen LogP contribution is -2.22. The van der Waals surface area contributed by atoms with Gasteiger partial charge < -0.3 is 11.1 Å². The molecule has 5 rings (SSSR count). The van der Waals surface area contributed by atoms with Crippen molar-refractivity contribution in [2.24, 2.45) is 0 Å². The van der Waals surface area contributed by atoms with E-state index in [4.69, 9.17) is 5.73 Å². The number of H-pyrrole nitrogens is 1. The number of nitrogen functional groups attached to an aromatic ring is 1. The van der Waals surface area contributed by atoms with Crippen molar-refractivity contribution in [3.8, 4) is 0 Å². The summed E-state index contributed by atoms with van der Waals surface area (Å²) in [5, 5.41) is 14.9. The van der Waals surface area contributed by atoms with Gasteiger partial charge in [-0.2, -0.15) is 0 Å². The molecule has 152 valence electrons. The highest BCUT2D eigenvalue weighted by Gasteiger charge is 2.28. The Hall–Kier alpha value is -3.25. The molecule has 0 spiro atoms. The molecule has 4 N–H and O–H groups in total. The van der Waals surface area contributed by atoms with Gasteiger partial charge in [-0.3, -0.25) is 0 Å². The molecule has 0 saturated carbocycles. The highest BCUT2D eigenvalue weighted by molar-refractivity contribution is 5.77. The first-order chi connectivity index (χ1) is 14.7. The fourth-order valence-corrected chi connectivity index (χ4v) is 4.82. The second kappa shape index (κ2) is 7.88. The molecular weight excluding hydrogens is 372 g/mol. The Kier molecular flexibility index (Phi) is 4.93. The minimum absolute atomic E-state index is 0.158. The number of nitrogens with one attached hydrogen (secondary N) is 2. The standard InChI is InChI=1S/C24H26N6/c1-15-13-21(19-10-6-5-9-17(15)19)26-12-11-18(16-7-3-2-4-8-16)20-14-22(25)27-24-23(20)28-30-29-24/h2-10,14-15,18,21,26H,11-13H2,1H3,(H3,25,27,28,29,30)/t15-,18?,21+/m0/s1. The molecule has 6 nitrogen and oxygen atoms in total. The van der Waals surface area contributed by atoms with E-state index in [1.54, 1.807) is 0 Å². The van der Waals surface area contributed by atoms with E-state index in [9.17, 15) is 0 Å². The van der Waals surface area contributed by atoms with Crippen LogP contribution >= 0.6 is 0 Å². The van der Waals surface area contributed by atoms with E-state index >= 15 is 0 Å². The molecule has 0 radical (unpaired) electrons. The van der Waals surface area contributed by atoms with E-state index in [1.165, 1.54) is 16.7 Å². The van der Waals surface area contributed by atoms with Crippen LogP contribution in [-0.4, -0.2) is 26.9 Å². The molecule has 0 bridgehead atoms. The van der Waals surface area contributed by atoms with E-state index in [1.807, 2.05) is 12.1 Å². The van der Waals surface area contributed by atoms with Crippen molar-refractivity contribution in [1.82, 2.24) is 25.7 Å². The van der Waals surface area contributed by atoms with Crippen LogP contribution in [0.1, 0.15) is 59.9 Å². The Bertz CT molecular complexity index is 1150. The fraction of sp³-hybridized carbons (Fsp3) is 0.292. The largest absolute Gasteiger partial charge is 0.384 e. The van der Waals surface area contributed by atoms with Crippen LogP contribution in [0.5, 0.6) is 0 Å². The van der Waals surface area contributed by atoms with Gasteiger partial charge in [0.2, 0.25) is 0 Å². The second-order valence-corrected chi connectivity index (χ2v) is 8.17. The maximum absolute atomic E-state index is 6.09. The van der Waals surface area contributed by atoms with Crippen molar-refractivity contribution < 1.29 is 0 Å². The molecule has 1 aliphatic carbocycles. The number of fused-ring (bicyclic) bond motifs is 2. The van der Waals surface area contributed by atoms with Crippen LogP contribution in [0.3, 0.4) is 0 Å². The first-order valence-electron chi connectivity index (χ1n) is 10.5. The molecule has 3 atom stereocenters. The summed E-state index contributed by atoms with van der Waals surface area (Å²) >= 11 is 0. The summed E-state index contributed by atoms with van der Waals surface area (Å²) in [5.74, 6) is 1.24. The van der Waals surface area contributed by atoms with Gasteiger partial charge in [0.1, 0.15) is 11.3 Å². The monoisotopic (exact) mass is 398 g/mol. The molecule has 30 heavy (non-hydrogen) atoms. The van der Waals surface area contributed by atoms with Crippen LogP contribution in [0.4, 0.5) is 5.82 Å². The Labute approximate surface area is 175 Å². The minimum Gasteiger partial charge on any atom is -0.384 e. The first kappa shape index (κ1) is 18.8. The Morgan fingerprint density at radius 2 is 1.87 bits per heavy atom. The molecule has 2 heterocycles. The van der Waals surface area contributed by atoms with E-state index in [0.717, 1.165) is 30.5 Å². The maximum Gasteiger partial charge on any atom is 0.178 e. The third kappa shape index (κ3) is 3.44. The zero-order valence-corrected chi connectivity index (χ0v) is 17.0. The van der Waals surface area contributed by atoms with Gasteiger partial charge in [0.05, 0.1) is 0 Å². The minimum atomic E-state index is 0.158.